The fourth-order valence-electron chi connectivity index (χ4n) is 10.1. The minimum absolute atomic E-state index is 0.178. The largest absolute Gasteiger partial charge is 0.479 e. The molecule has 0 aromatic heterocycles. The van der Waals surface area contributed by atoms with Gasteiger partial charge in [0.05, 0.1) is 6.10 Å². The first-order valence-electron chi connectivity index (χ1n) is 14.1. The summed E-state index contributed by atoms with van der Waals surface area (Å²) in [7, 11) is 0. The van der Waals surface area contributed by atoms with Crippen molar-refractivity contribution in [3.63, 3.8) is 0 Å². The lowest BCUT2D eigenvalue weighted by Gasteiger charge is -2.63. The van der Waals surface area contributed by atoms with Crippen LogP contribution in [0.2, 0.25) is 0 Å². The Balaban J connectivity index is 1.55. The summed E-state index contributed by atoms with van der Waals surface area (Å²) >= 11 is 0. The third kappa shape index (κ3) is 4.30. The summed E-state index contributed by atoms with van der Waals surface area (Å²) in [5.74, 6) is 3.13. The van der Waals surface area contributed by atoms with Crippen molar-refractivity contribution in [2.75, 3.05) is 0 Å². The number of hydrogen-bond acceptors (Lipinski definition) is 3. The smallest absolute Gasteiger partial charge is 0.332 e. The highest BCUT2D eigenvalue weighted by Gasteiger charge is 2.63. The lowest BCUT2D eigenvalue weighted by molar-refractivity contribution is -0.190. The molecule has 2 unspecified atom stereocenters. The molecule has 4 aliphatic carbocycles. The van der Waals surface area contributed by atoms with E-state index in [0.717, 1.165) is 36.5 Å². The Bertz CT molecular complexity index is 706. The third-order valence-electron chi connectivity index (χ3n) is 11.7. The molecule has 11 atom stereocenters. The molecule has 0 radical (unpaired) electrons. The lowest BCUT2D eigenvalue weighted by atomic mass is 9.41. The van der Waals surface area contributed by atoms with Gasteiger partial charge >= 0.3 is 5.97 Å². The normalized spacial score (nSPS) is 46.8. The maximum absolute atomic E-state index is 11.8. The maximum Gasteiger partial charge on any atom is 0.332 e. The van der Waals surface area contributed by atoms with Crippen LogP contribution in [0, 0.1) is 58.2 Å². The highest BCUT2D eigenvalue weighted by molar-refractivity contribution is 5.72. The van der Waals surface area contributed by atoms with Crippen molar-refractivity contribution in [2.24, 2.45) is 58.2 Å². The Hall–Kier alpha value is -0.610. The number of hydrogen-bond donors (Lipinski definition) is 3. The maximum atomic E-state index is 11.8. The van der Waals surface area contributed by atoms with Crippen LogP contribution in [0.25, 0.3) is 0 Å². The van der Waals surface area contributed by atoms with E-state index in [1.807, 2.05) is 0 Å². The summed E-state index contributed by atoms with van der Waals surface area (Å²) in [6, 6.07) is 0. The summed E-state index contributed by atoms with van der Waals surface area (Å²) in [4.78, 5) is 11.8. The molecule has 4 aliphatic rings. The second-order valence-corrected chi connectivity index (χ2v) is 13.6. The van der Waals surface area contributed by atoms with Crippen LogP contribution in [0.1, 0.15) is 105 Å². The Morgan fingerprint density at radius 2 is 1.67 bits per heavy atom. The van der Waals surface area contributed by atoms with Gasteiger partial charge in [0.25, 0.3) is 0 Å². The number of carboxylic acids is 1. The average Bonchev–Trinajstić information content (AvgIpc) is 3.10. The molecule has 4 nitrogen and oxygen atoms in total. The molecule has 4 heteroatoms. The number of rotatable bonds is 7. The van der Waals surface area contributed by atoms with Crippen molar-refractivity contribution in [3.8, 4) is 0 Å². The van der Waals surface area contributed by atoms with Crippen molar-refractivity contribution < 1.29 is 20.1 Å². The summed E-state index contributed by atoms with van der Waals surface area (Å²) in [5.41, 5.74) is 0.235. The first kappa shape index (κ1) is 25.5. The molecule has 190 valence electrons. The molecular formula is C29H50O4. The Labute approximate surface area is 201 Å². The first-order chi connectivity index (χ1) is 15.5. The molecule has 3 N–H and O–H groups in total. The van der Waals surface area contributed by atoms with E-state index in [9.17, 15) is 20.1 Å². The first-order valence-corrected chi connectivity index (χ1v) is 14.1. The van der Waals surface area contributed by atoms with Gasteiger partial charge in [-0.15, -0.1) is 0 Å². The average molecular weight is 463 g/mol. The fourth-order valence-corrected chi connectivity index (χ4v) is 10.1. The molecule has 0 aliphatic heterocycles. The standard InChI is InChI=1S/C29H50O4/c1-17(2)7-6-8-18(3)22-11-12-23-21-10-9-19-15-20(30)16-25(26(31)27(32)33)29(19,5)24(21)13-14-28(22,23)4/h17-26,30-31H,6-16H2,1-5H3,(H,32,33)/t18-,19-,20+,21-,22-,23+,24+,25?,26?,28-,29+/m1/s1. The highest BCUT2D eigenvalue weighted by Crippen LogP contribution is 2.69. The molecule has 4 rings (SSSR count). The quantitative estimate of drug-likeness (QED) is 0.425. The lowest BCUT2D eigenvalue weighted by Crippen LogP contribution is -2.60. The van der Waals surface area contributed by atoms with Crippen LogP contribution < -0.4 is 0 Å². The van der Waals surface area contributed by atoms with E-state index in [1.165, 1.54) is 51.4 Å². The molecule has 4 fully saturated rings. The van der Waals surface area contributed by atoms with Gasteiger partial charge in [0.2, 0.25) is 0 Å². The Morgan fingerprint density at radius 3 is 2.33 bits per heavy atom. The Kier molecular flexibility index (Phi) is 7.30. The predicted molar refractivity (Wildman–Crippen MR) is 132 cm³/mol. The summed E-state index contributed by atoms with van der Waals surface area (Å²) in [6.07, 6.45) is 10.8. The van der Waals surface area contributed by atoms with Gasteiger partial charge in [-0.3, -0.25) is 0 Å². The van der Waals surface area contributed by atoms with Gasteiger partial charge in [0.1, 0.15) is 0 Å². The van der Waals surface area contributed by atoms with E-state index in [-0.39, 0.29) is 11.3 Å². The number of aliphatic hydroxyl groups excluding tert-OH is 2. The van der Waals surface area contributed by atoms with E-state index in [4.69, 9.17) is 0 Å². The van der Waals surface area contributed by atoms with Gasteiger partial charge in [-0.25, -0.2) is 4.79 Å². The van der Waals surface area contributed by atoms with E-state index < -0.39 is 18.2 Å². The van der Waals surface area contributed by atoms with E-state index >= 15 is 0 Å². The third-order valence-corrected chi connectivity index (χ3v) is 11.7. The van der Waals surface area contributed by atoms with E-state index in [1.54, 1.807) is 0 Å². The fraction of sp³-hybridized carbons (Fsp3) is 0.966. The second kappa shape index (κ2) is 9.45. The van der Waals surface area contributed by atoms with Crippen molar-refractivity contribution in [3.05, 3.63) is 0 Å². The van der Waals surface area contributed by atoms with Crippen molar-refractivity contribution in [1.29, 1.82) is 0 Å². The molecule has 0 aromatic rings. The van der Waals surface area contributed by atoms with Gasteiger partial charge in [0.15, 0.2) is 6.10 Å². The summed E-state index contributed by atoms with van der Waals surface area (Å²) in [5, 5.41) is 31.0. The van der Waals surface area contributed by atoms with Gasteiger partial charge in [-0.1, -0.05) is 53.9 Å². The number of aliphatic carboxylic acids is 1. The van der Waals surface area contributed by atoms with Crippen LogP contribution in [0.4, 0.5) is 0 Å². The predicted octanol–water partition coefficient (Wildman–Crippen LogP) is 6.14. The monoisotopic (exact) mass is 462 g/mol. The molecule has 33 heavy (non-hydrogen) atoms. The second-order valence-electron chi connectivity index (χ2n) is 13.6. The van der Waals surface area contributed by atoms with E-state index in [0.29, 0.717) is 29.6 Å². The molecule has 0 aromatic carbocycles. The molecule has 4 saturated carbocycles. The zero-order valence-electron chi connectivity index (χ0n) is 21.8. The zero-order chi connectivity index (χ0) is 24.1. The van der Waals surface area contributed by atoms with Gasteiger partial charge in [0, 0.05) is 5.92 Å². The van der Waals surface area contributed by atoms with Crippen molar-refractivity contribution >= 4 is 5.97 Å². The van der Waals surface area contributed by atoms with Gasteiger partial charge in [-0.05, 0) is 104 Å². The minimum Gasteiger partial charge on any atom is -0.479 e. The van der Waals surface area contributed by atoms with E-state index in [2.05, 4.69) is 34.6 Å². The molecular weight excluding hydrogens is 412 g/mol. The molecule has 0 saturated heterocycles. The number of aliphatic hydroxyl groups is 2. The van der Waals surface area contributed by atoms with Crippen LogP contribution in [-0.2, 0) is 4.79 Å². The van der Waals surface area contributed by atoms with Crippen LogP contribution in [0.5, 0.6) is 0 Å². The summed E-state index contributed by atoms with van der Waals surface area (Å²) < 4.78 is 0. The molecule has 0 bridgehead atoms. The highest BCUT2D eigenvalue weighted by atomic mass is 16.4. The van der Waals surface area contributed by atoms with Gasteiger partial charge in [-0.2, -0.15) is 0 Å². The van der Waals surface area contributed by atoms with Crippen LogP contribution in [0.15, 0.2) is 0 Å². The van der Waals surface area contributed by atoms with Crippen LogP contribution in [0.3, 0.4) is 0 Å². The SMILES string of the molecule is CC(C)CCC[C@@H](C)[C@H]1CC[C@H]2[C@H]3CC[C@@H]4C[C@H](O)CC(C(O)C(=O)O)[C@]4(C)[C@H]3CC[C@]12C. The Morgan fingerprint density at radius 1 is 0.939 bits per heavy atom. The zero-order valence-corrected chi connectivity index (χ0v) is 21.8. The van der Waals surface area contributed by atoms with Crippen molar-refractivity contribution in [2.45, 2.75) is 117 Å². The van der Waals surface area contributed by atoms with Gasteiger partial charge < -0.3 is 15.3 Å². The number of carbonyl (C=O) groups is 1. The topological polar surface area (TPSA) is 77.8 Å². The van der Waals surface area contributed by atoms with Crippen LogP contribution in [-0.4, -0.2) is 33.5 Å². The number of carboxylic acid groups (broad SMARTS) is 1. The molecule has 0 heterocycles. The van der Waals surface area contributed by atoms with Crippen LogP contribution >= 0.6 is 0 Å². The molecule has 0 amide bonds. The van der Waals surface area contributed by atoms with Crippen molar-refractivity contribution in [1.82, 2.24) is 0 Å². The minimum atomic E-state index is -1.36. The number of fused-ring (bicyclic) bond motifs is 5. The molecule has 0 spiro atoms. The summed E-state index contributed by atoms with van der Waals surface area (Å²) in [6.45, 7) is 12.0.